The summed E-state index contributed by atoms with van der Waals surface area (Å²) in [4.78, 5) is 35.5. The van der Waals surface area contributed by atoms with Crippen molar-refractivity contribution in [1.82, 2.24) is 0 Å². The number of fused-ring (bicyclic) bond motifs is 3. The molecule has 0 aromatic heterocycles. The van der Waals surface area contributed by atoms with Crippen molar-refractivity contribution in [3.63, 3.8) is 0 Å². The molecule has 30 heavy (non-hydrogen) atoms. The minimum absolute atomic E-state index is 0.0520. The van der Waals surface area contributed by atoms with E-state index in [1.165, 1.54) is 24.3 Å². The third kappa shape index (κ3) is 3.10. The summed E-state index contributed by atoms with van der Waals surface area (Å²) in [6.45, 7) is 4.35. The zero-order valence-corrected chi connectivity index (χ0v) is 17.0. The smallest absolute Gasteiger partial charge is 0.338 e. The number of rotatable bonds is 4. The van der Waals surface area contributed by atoms with Gasteiger partial charge in [0.2, 0.25) is 0 Å². The van der Waals surface area contributed by atoms with Crippen LogP contribution in [0.3, 0.4) is 0 Å². The number of aliphatic hydroxyl groups excluding tert-OH is 1. The summed E-state index contributed by atoms with van der Waals surface area (Å²) in [6, 6.07) is 5.22. The Bertz CT molecular complexity index is 924. The van der Waals surface area contributed by atoms with E-state index in [1.807, 2.05) is 6.92 Å². The number of hydrogen-bond acceptors (Lipinski definition) is 7. The van der Waals surface area contributed by atoms with Crippen molar-refractivity contribution in [3.05, 3.63) is 51.6 Å². The predicted octanol–water partition coefficient (Wildman–Crippen LogP) is 3.04. The van der Waals surface area contributed by atoms with Crippen molar-refractivity contribution in [2.75, 3.05) is 13.2 Å². The summed E-state index contributed by atoms with van der Waals surface area (Å²) in [5.74, 6) is -1.28. The Morgan fingerprint density at radius 3 is 2.63 bits per heavy atom. The topological polar surface area (TPSA) is 116 Å². The summed E-state index contributed by atoms with van der Waals surface area (Å²) in [6.07, 6.45) is 3.53. The second-order valence-electron chi connectivity index (χ2n) is 9.10. The fraction of sp³-hybridized carbons (Fsp3) is 0.545. The third-order valence-corrected chi connectivity index (χ3v) is 7.30. The lowest BCUT2D eigenvalue weighted by molar-refractivity contribution is -0.384. The number of cyclic esters (lactones) is 1. The van der Waals surface area contributed by atoms with Crippen LogP contribution in [0.2, 0.25) is 0 Å². The molecule has 2 fully saturated rings. The monoisotopic (exact) mass is 415 g/mol. The molecule has 1 aliphatic heterocycles. The van der Waals surface area contributed by atoms with E-state index in [0.29, 0.717) is 12.2 Å². The third-order valence-electron chi connectivity index (χ3n) is 7.30. The van der Waals surface area contributed by atoms with Crippen molar-refractivity contribution >= 4 is 17.6 Å². The van der Waals surface area contributed by atoms with Crippen LogP contribution in [0.15, 0.2) is 35.9 Å². The number of benzene rings is 1. The zero-order valence-electron chi connectivity index (χ0n) is 17.0. The number of ether oxygens (including phenoxy) is 2. The van der Waals surface area contributed by atoms with E-state index in [1.54, 1.807) is 6.08 Å². The maximum absolute atomic E-state index is 12.8. The van der Waals surface area contributed by atoms with Gasteiger partial charge in [0.15, 0.2) is 0 Å². The average Bonchev–Trinajstić information content (AvgIpc) is 3.09. The molecule has 1 aromatic rings. The molecule has 160 valence electrons. The van der Waals surface area contributed by atoms with Crippen molar-refractivity contribution in [2.45, 2.75) is 39.2 Å². The second kappa shape index (κ2) is 7.19. The molecule has 3 aliphatic rings. The standard InChI is InChI=1S/C22H25NO7/c1-21(12-24)8-3-9-22(2)16-11-29-20(26)15(16)10-17(18(21)22)30-19(25)13-4-6-14(7-5-13)23(27)28/h4-7,10,16-18,24H,3,8-9,11-12H2,1-2H3/t16-,17+,18-,21+,22+/m0/s1. The summed E-state index contributed by atoms with van der Waals surface area (Å²) in [7, 11) is 0. The van der Waals surface area contributed by atoms with Crippen molar-refractivity contribution in [2.24, 2.45) is 22.7 Å². The number of aliphatic hydroxyl groups is 1. The van der Waals surface area contributed by atoms with Gasteiger partial charge in [-0.1, -0.05) is 20.3 Å². The Balaban J connectivity index is 1.70. The van der Waals surface area contributed by atoms with Gasteiger partial charge in [-0.05, 0) is 41.9 Å². The molecule has 1 N–H and O–H groups in total. The number of hydrogen-bond donors (Lipinski definition) is 1. The van der Waals surface area contributed by atoms with E-state index in [4.69, 9.17) is 9.47 Å². The van der Waals surface area contributed by atoms with Gasteiger partial charge in [0.1, 0.15) is 6.10 Å². The van der Waals surface area contributed by atoms with Crippen molar-refractivity contribution in [1.29, 1.82) is 0 Å². The molecule has 5 atom stereocenters. The number of carbonyl (C=O) groups is 2. The van der Waals surface area contributed by atoms with E-state index in [-0.39, 0.29) is 41.1 Å². The first-order chi connectivity index (χ1) is 14.2. The van der Waals surface area contributed by atoms with Gasteiger partial charge in [0, 0.05) is 36.1 Å². The van der Waals surface area contributed by atoms with Crippen LogP contribution in [0, 0.1) is 32.8 Å². The van der Waals surface area contributed by atoms with Crippen LogP contribution in [0.5, 0.6) is 0 Å². The molecule has 1 heterocycles. The fourth-order valence-corrected chi connectivity index (χ4v) is 5.81. The van der Waals surface area contributed by atoms with Crippen LogP contribution < -0.4 is 0 Å². The molecule has 8 heteroatoms. The van der Waals surface area contributed by atoms with E-state index >= 15 is 0 Å². The van der Waals surface area contributed by atoms with Crippen LogP contribution >= 0.6 is 0 Å². The Morgan fingerprint density at radius 2 is 2.00 bits per heavy atom. The van der Waals surface area contributed by atoms with Gasteiger partial charge in [-0.2, -0.15) is 0 Å². The molecule has 0 bridgehead atoms. The van der Waals surface area contributed by atoms with E-state index in [2.05, 4.69) is 6.92 Å². The van der Waals surface area contributed by atoms with Crippen LogP contribution in [-0.4, -0.2) is 41.3 Å². The number of nitro groups is 1. The van der Waals surface area contributed by atoms with Crippen LogP contribution in [-0.2, 0) is 14.3 Å². The second-order valence-corrected chi connectivity index (χ2v) is 9.10. The molecule has 0 amide bonds. The molecule has 1 saturated heterocycles. The van der Waals surface area contributed by atoms with Crippen molar-refractivity contribution in [3.8, 4) is 0 Å². The maximum atomic E-state index is 12.8. The Labute approximate surface area is 174 Å². The molecule has 1 aromatic carbocycles. The molecule has 0 spiro atoms. The highest BCUT2D eigenvalue weighted by Gasteiger charge is 2.61. The number of carbonyl (C=O) groups excluding carboxylic acids is 2. The molecular weight excluding hydrogens is 390 g/mol. The van der Waals surface area contributed by atoms with Crippen LogP contribution in [0.25, 0.3) is 0 Å². The van der Waals surface area contributed by atoms with Gasteiger partial charge in [-0.25, -0.2) is 9.59 Å². The first-order valence-electron chi connectivity index (χ1n) is 10.1. The van der Waals surface area contributed by atoms with Gasteiger partial charge < -0.3 is 14.6 Å². The number of nitro benzene ring substituents is 1. The highest BCUT2D eigenvalue weighted by atomic mass is 16.6. The van der Waals surface area contributed by atoms with E-state index in [0.717, 1.165) is 19.3 Å². The van der Waals surface area contributed by atoms with Gasteiger partial charge in [-0.15, -0.1) is 0 Å². The predicted molar refractivity (Wildman–Crippen MR) is 105 cm³/mol. The quantitative estimate of drug-likeness (QED) is 0.456. The molecule has 0 radical (unpaired) electrons. The SMILES string of the molecule is C[C@]1(CO)CCC[C@]2(C)[C@H]3COC(=O)C3=C[C@@H](OC(=O)c3ccc([N+](=O)[O-])cc3)[C@@H]12. The summed E-state index contributed by atoms with van der Waals surface area (Å²) in [5.41, 5.74) is -0.209. The number of nitrogens with zero attached hydrogens (tertiary/aromatic N) is 1. The van der Waals surface area contributed by atoms with Crippen LogP contribution in [0.4, 0.5) is 5.69 Å². The summed E-state index contributed by atoms with van der Waals surface area (Å²) in [5, 5.41) is 21.1. The van der Waals surface area contributed by atoms with Gasteiger partial charge in [-0.3, -0.25) is 10.1 Å². The number of non-ortho nitro benzene ring substituents is 1. The molecular formula is C22H25NO7. The van der Waals surface area contributed by atoms with Gasteiger partial charge >= 0.3 is 11.9 Å². The highest BCUT2D eigenvalue weighted by molar-refractivity contribution is 5.92. The first kappa shape index (κ1) is 20.5. The normalized spacial score (nSPS) is 35.0. The summed E-state index contributed by atoms with van der Waals surface area (Å²) >= 11 is 0. The minimum Gasteiger partial charge on any atom is -0.462 e. The lowest BCUT2D eigenvalue weighted by atomic mass is 9.48. The lowest BCUT2D eigenvalue weighted by Crippen LogP contribution is -2.57. The van der Waals surface area contributed by atoms with E-state index in [9.17, 15) is 24.8 Å². The largest absolute Gasteiger partial charge is 0.462 e. The van der Waals surface area contributed by atoms with Gasteiger partial charge in [0.25, 0.3) is 5.69 Å². The Hall–Kier alpha value is -2.74. The van der Waals surface area contributed by atoms with Crippen molar-refractivity contribution < 1.29 is 29.1 Å². The molecule has 1 saturated carbocycles. The van der Waals surface area contributed by atoms with E-state index < -0.39 is 22.4 Å². The highest BCUT2D eigenvalue weighted by Crippen LogP contribution is 2.61. The molecule has 0 unspecified atom stereocenters. The molecule has 4 rings (SSSR count). The summed E-state index contributed by atoms with van der Waals surface area (Å²) < 4.78 is 11.2. The molecule has 8 nitrogen and oxygen atoms in total. The average molecular weight is 415 g/mol. The molecule has 2 aliphatic carbocycles. The fourth-order valence-electron chi connectivity index (χ4n) is 5.81. The van der Waals surface area contributed by atoms with Crippen LogP contribution in [0.1, 0.15) is 43.5 Å². The minimum atomic E-state index is -0.702. The zero-order chi connectivity index (χ0) is 21.7. The number of esters is 2. The van der Waals surface area contributed by atoms with Gasteiger partial charge in [0.05, 0.1) is 17.1 Å². The maximum Gasteiger partial charge on any atom is 0.338 e. The Kier molecular flexibility index (Phi) is 4.92. The lowest BCUT2D eigenvalue weighted by Gasteiger charge is -2.57. The Morgan fingerprint density at radius 1 is 1.30 bits per heavy atom. The first-order valence-corrected chi connectivity index (χ1v) is 10.1.